The molecule has 0 spiro atoms. The monoisotopic (exact) mass is 353 g/mol. The van der Waals surface area contributed by atoms with Gasteiger partial charge < -0.3 is 5.32 Å². The van der Waals surface area contributed by atoms with Gasteiger partial charge >= 0.3 is 12.4 Å². The van der Waals surface area contributed by atoms with Crippen LogP contribution in [0.2, 0.25) is 0 Å². The van der Waals surface area contributed by atoms with Gasteiger partial charge in [0.15, 0.2) is 17.5 Å². The average molecular weight is 353 g/mol. The van der Waals surface area contributed by atoms with Crippen molar-refractivity contribution in [3.63, 3.8) is 0 Å². The van der Waals surface area contributed by atoms with E-state index >= 15 is 0 Å². The maximum absolute atomic E-state index is 13.0. The minimum atomic E-state index is -5.26. The molecule has 0 aliphatic carbocycles. The second-order valence-electron chi connectivity index (χ2n) is 5.06. The number of hydrogen-bond acceptors (Lipinski definition) is 3. The van der Waals surface area contributed by atoms with Crippen LogP contribution in [0, 0.1) is 5.92 Å². The lowest BCUT2D eigenvalue weighted by atomic mass is 9.86. The third kappa shape index (κ3) is 3.41. The van der Waals surface area contributed by atoms with Crippen LogP contribution in [0.3, 0.4) is 0 Å². The Morgan fingerprint density at radius 1 is 1.04 bits per heavy atom. The normalized spacial score (nSPS) is 19.2. The highest BCUT2D eigenvalue weighted by Gasteiger charge is 2.43. The lowest BCUT2D eigenvalue weighted by Crippen LogP contribution is -2.46. The highest BCUT2D eigenvalue weighted by atomic mass is 19.4. The summed E-state index contributed by atoms with van der Waals surface area (Å²) in [5.74, 6) is -5.41. The number of hydrogen-bond donors (Lipinski definition) is 1. The molecule has 4 nitrogen and oxygen atoms in total. The molecule has 0 radical (unpaired) electrons. The SMILES string of the molecule is O=C1CCNC(=O)C1C(=O)c1ccc(C(F)(F)F)cc1C(F)(F)F. The molecule has 2 rings (SSSR count). The van der Waals surface area contributed by atoms with Gasteiger partial charge in [-0.25, -0.2) is 0 Å². The summed E-state index contributed by atoms with van der Waals surface area (Å²) in [6, 6.07) is 0.426. The van der Waals surface area contributed by atoms with E-state index < -0.39 is 52.4 Å². The van der Waals surface area contributed by atoms with E-state index in [1.165, 1.54) is 0 Å². The van der Waals surface area contributed by atoms with Gasteiger partial charge in [0.25, 0.3) is 0 Å². The molecule has 130 valence electrons. The Hall–Kier alpha value is -2.39. The Labute approximate surface area is 130 Å². The summed E-state index contributed by atoms with van der Waals surface area (Å²) in [5.41, 5.74) is -4.58. The van der Waals surface area contributed by atoms with E-state index in [0.29, 0.717) is 12.1 Å². The summed E-state index contributed by atoms with van der Waals surface area (Å²) in [5, 5.41) is 2.17. The topological polar surface area (TPSA) is 63.2 Å². The fourth-order valence-corrected chi connectivity index (χ4v) is 2.29. The minimum absolute atomic E-state index is 0.0550. The number of piperidine rings is 1. The molecule has 1 aromatic carbocycles. The van der Waals surface area contributed by atoms with Crippen LogP contribution >= 0.6 is 0 Å². The number of ketones is 2. The van der Waals surface area contributed by atoms with Gasteiger partial charge in [0.1, 0.15) is 0 Å². The quantitative estimate of drug-likeness (QED) is 0.505. The molecule has 1 saturated heterocycles. The van der Waals surface area contributed by atoms with E-state index in [4.69, 9.17) is 0 Å². The summed E-state index contributed by atoms with van der Waals surface area (Å²) in [7, 11) is 0. The molecule has 10 heteroatoms. The van der Waals surface area contributed by atoms with Gasteiger partial charge in [-0.15, -0.1) is 0 Å². The molecule has 1 atom stereocenters. The highest BCUT2D eigenvalue weighted by Crippen LogP contribution is 2.38. The maximum atomic E-state index is 13.0. The van der Waals surface area contributed by atoms with Crippen molar-refractivity contribution in [3.8, 4) is 0 Å². The molecular formula is C14H9F6NO3. The summed E-state index contributed by atoms with van der Waals surface area (Å²) in [6.07, 6.45) is -10.6. The summed E-state index contributed by atoms with van der Waals surface area (Å²) < 4.78 is 76.9. The summed E-state index contributed by atoms with van der Waals surface area (Å²) in [4.78, 5) is 35.4. The smallest absolute Gasteiger partial charge is 0.355 e. The molecule has 0 saturated carbocycles. The first-order valence-corrected chi connectivity index (χ1v) is 6.56. The van der Waals surface area contributed by atoms with E-state index in [1.807, 2.05) is 0 Å². The summed E-state index contributed by atoms with van der Waals surface area (Å²) in [6.45, 7) is -0.0550. The Morgan fingerprint density at radius 3 is 2.17 bits per heavy atom. The van der Waals surface area contributed by atoms with E-state index in [2.05, 4.69) is 5.32 Å². The standard InChI is InChI=1S/C14H9F6NO3/c15-13(16,17)6-1-2-7(8(5-6)14(18,19)20)11(23)10-9(22)3-4-21-12(10)24/h1-2,5,10H,3-4H2,(H,21,24). The van der Waals surface area contributed by atoms with Crippen molar-refractivity contribution in [2.24, 2.45) is 5.92 Å². The third-order valence-corrected chi connectivity index (χ3v) is 3.43. The lowest BCUT2D eigenvalue weighted by Gasteiger charge is -2.22. The first-order chi connectivity index (χ1) is 10.9. The number of carbonyl (C=O) groups excluding carboxylic acids is 3. The Bertz CT molecular complexity index is 691. The first-order valence-electron chi connectivity index (χ1n) is 6.56. The van der Waals surface area contributed by atoms with Crippen molar-refractivity contribution in [3.05, 3.63) is 34.9 Å². The number of nitrogens with one attached hydrogen (secondary N) is 1. The maximum Gasteiger partial charge on any atom is 0.417 e. The van der Waals surface area contributed by atoms with E-state index in [-0.39, 0.29) is 19.0 Å². The molecule has 1 N–H and O–H groups in total. The van der Waals surface area contributed by atoms with Crippen LogP contribution in [0.5, 0.6) is 0 Å². The minimum Gasteiger partial charge on any atom is -0.355 e. The molecule has 1 aliphatic rings. The van der Waals surface area contributed by atoms with Gasteiger partial charge in [0, 0.05) is 18.5 Å². The third-order valence-electron chi connectivity index (χ3n) is 3.43. The van der Waals surface area contributed by atoms with Gasteiger partial charge in [0.2, 0.25) is 5.91 Å². The molecule has 0 aromatic heterocycles. The van der Waals surface area contributed by atoms with Gasteiger partial charge in [-0.05, 0) is 12.1 Å². The fourth-order valence-electron chi connectivity index (χ4n) is 2.29. The molecule has 1 fully saturated rings. The number of alkyl halides is 6. The molecule has 24 heavy (non-hydrogen) atoms. The Morgan fingerprint density at radius 2 is 1.67 bits per heavy atom. The molecular weight excluding hydrogens is 344 g/mol. The number of benzene rings is 1. The number of Topliss-reactive ketones (excluding diaryl/α,β-unsaturated/α-hetero) is 2. The highest BCUT2D eigenvalue weighted by molar-refractivity contribution is 6.25. The van der Waals surface area contributed by atoms with Gasteiger partial charge in [-0.3, -0.25) is 14.4 Å². The van der Waals surface area contributed by atoms with Gasteiger partial charge in [-0.2, -0.15) is 26.3 Å². The average Bonchev–Trinajstić information content (AvgIpc) is 2.44. The molecule has 0 bridgehead atoms. The zero-order chi connectivity index (χ0) is 18.3. The van der Waals surface area contributed by atoms with Crippen molar-refractivity contribution in [2.75, 3.05) is 6.54 Å². The Kier molecular flexibility index (Phi) is 4.42. The molecule has 1 heterocycles. The van der Waals surface area contributed by atoms with Crippen molar-refractivity contribution in [1.82, 2.24) is 5.32 Å². The van der Waals surface area contributed by atoms with E-state index in [1.54, 1.807) is 0 Å². The van der Waals surface area contributed by atoms with Crippen LogP contribution in [0.4, 0.5) is 26.3 Å². The van der Waals surface area contributed by atoms with Crippen molar-refractivity contribution in [1.29, 1.82) is 0 Å². The van der Waals surface area contributed by atoms with Crippen LogP contribution in [-0.4, -0.2) is 24.0 Å². The number of carbonyl (C=O) groups is 3. The zero-order valence-corrected chi connectivity index (χ0v) is 11.7. The summed E-state index contributed by atoms with van der Waals surface area (Å²) >= 11 is 0. The Balaban J connectivity index is 2.55. The van der Waals surface area contributed by atoms with Crippen LogP contribution in [0.1, 0.15) is 27.9 Å². The fraction of sp³-hybridized carbons (Fsp3) is 0.357. The predicted molar refractivity (Wildman–Crippen MR) is 66.9 cm³/mol. The van der Waals surface area contributed by atoms with Crippen LogP contribution < -0.4 is 5.32 Å². The predicted octanol–water partition coefficient (Wildman–Crippen LogP) is 2.61. The molecule has 1 aromatic rings. The lowest BCUT2D eigenvalue weighted by molar-refractivity contribution is -0.144. The van der Waals surface area contributed by atoms with E-state index in [0.717, 1.165) is 0 Å². The van der Waals surface area contributed by atoms with Crippen LogP contribution in [0.15, 0.2) is 18.2 Å². The van der Waals surface area contributed by atoms with E-state index in [9.17, 15) is 40.7 Å². The second-order valence-corrected chi connectivity index (χ2v) is 5.06. The molecule has 1 unspecified atom stereocenters. The van der Waals surface area contributed by atoms with Gasteiger partial charge in [0.05, 0.1) is 11.1 Å². The van der Waals surface area contributed by atoms with Gasteiger partial charge in [-0.1, -0.05) is 6.07 Å². The number of rotatable bonds is 2. The number of halogens is 6. The zero-order valence-electron chi connectivity index (χ0n) is 11.7. The van der Waals surface area contributed by atoms with Crippen molar-refractivity contribution in [2.45, 2.75) is 18.8 Å². The first kappa shape index (κ1) is 18.0. The molecule has 1 amide bonds. The van der Waals surface area contributed by atoms with Crippen molar-refractivity contribution < 1.29 is 40.7 Å². The number of amides is 1. The van der Waals surface area contributed by atoms with Crippen LogP contribution in [0.25, 0.3) is 0 Å². The van der Waals surface area contributed by atoms with Crippen molar-refractivity contribution >= 4 is 17.5 Å². The largest absolute Gasteiger partial charge is 0.417 e. The second kappa shape index (κ2) is 5.91. The molecule has 1 aliphatic heterocycles. The van der Waals surface area contributed by atoms with Crippen LogP contribution in [-0.2, 0) is 21.9 Å².